The van der Waals surface area contributed by atoms with Crippen LogP contribution in [0.5, 0.6) is 5.75 Å². The summed E-state index contributed by atoms with van der Waals surface area (Å²) in [7, 11) is -3.70. The molecule has 1 aromatic heterocycles. The number of hydrogen-bond acceptors (Lipinski definition) is 5. The van der Waals surface area contributed by atoms with Gasteiger partial charge >= 0.3 is 16.1 Å². The second-order valence-corrected chi connectivity index (χ2v) is 8.43. The van der Waals surface area contributed by atoms with Crippen LogP contribution in [0.2, 0.25) is 0 Å². The van der Waals surface area contributed by atoms with Gasteiger partial charge in [0.05, 0.1) is 18.6 Å². The van der Waals surface area contributed by atoms with Crippen molar-refractivity contribution in [2.24, 2.45) is 0 Å². The third-order valence-electron chi connectivity index (χ3n) is 4.23. The molecule has 0 spiro atoms. The summed E-state index contributed by atoms with van der Waals surface area (Å²) in [5, 5.41) is 2.52. The van der Waals surface area contributed by atoms with Crippen LogP contribution in [0.25, 0.3) is 0 Å². The first-order chi connectivity index (χ1) is 14.8. The van der Waals surface area contributed by atoms with E-state index in [0.717, 1.165) is 12.1 Å². The molecule has 0 saturated carbocycles. The van der Waals surface area contributed by atoms with Crippen LogP contribution < -0.4 is 9.50 Å². The van der Waals surface area contributed by atoms with E-state index >= 15 is 0 Å². The molecule has 0 atom stereocenters. The number of rotatable bonds is 8. The van der Waals surface area contributed by atoms with Gasteiger partial charge in [-0.25, -0.2) is 13.6 Å². The molecule has 0 aliphatic rings. The van der Waals surface area contributed by atoms with E-state index in [4.69, 9.17) is 8.60 Å². The molecule has 3 aromatic rings. The Kier molecular flexibility index (Phi) is 6.91. The Labute approximate surface area is 178 Å². The summed E-state index contributed by atoms with van der Waals surface area (Å²) in [6, 6.07) is 12.1. The van der Waals surface area contributed by atoms with Crippen molar-refractivity contribution in [3.63, 3.8) is 0 Å². The molecule has 164 valence electrons. The minimum atomic E-state index is -3.70. The number of hydrogen-bond donors (Lipinski definition) is 1. The third-order valence-corrected chi connectivity index (χ3v) is 5.39. The fraction of sp³-hybridized carbons (Fsp3) is 0.190. The third kappa shape index (κ3) is 6.29. The van der Waals surface area contributed by atoms with E-state index in [1.54, 1.807) is 24.3 Å². The highest BCUT2D eigenvalue weighted by Gasteiger charge is 2.18. The lowest BCUT2D eigenvalue weighted by Gasteiger charge is -2.22. The number of carbonyl (C=O) groups excluding carboxylic acids is 1. The summed E-state index contributed by atoms with van der Waals surface area (Å²) < 4.78 is 60.4. The van der Waals surface area contributed by atoms with Crippen molar-refractivity contribution in [2.45, 2.75) is 20.0 Å². The minimum absolute atomic E-state index is 0.0690. The van der Waals surface area contributed by atoms with Crippen LogP contribution in [-0.2, 0) is 23.2 Å². The number of furan rings is 1. The Morgan fingerprint density at radius 2 is 1.87 bits per heavy atom. The molecular formula is C21H20F2N2O5S. The summed E-state index contributed by atoms with van der Waals surface area (Å²) >= 11 is 0. The topological polar surface area (TPSA) is 88.9 Å². The maximum atomic E-state index is 13.5. The van der Waals surface area contributed by atoms with E-state index in [9.17, 15) is 22.0 Å². The van der Waals surface area contributed by atoms with Gasteiger partial charge in [0.25, 0.3) is 0 Å². The molecule has 7 nitrogen and oxygen atoms in total. The van der Waals surface area contributed by atoms with Crippen LogP contribution in [0.4, 0.5) is 19.3 Å². The number of anilines is 1. The Bertz CT molecular complexity index is 1150. The fourth-order valence-corrected chi connectivity index (χ4v) is 3.20. The average Bonchev–Trinajstić information content (AvgIpc) is 3.23. The molecule has 3 rings (SSSR count). The van der Waals surface area contributed by atoms with Crippen molar-refractivity contribution in [1.82, 2.24) is 4.90 Å². The zero-order valence-corrected chi connectivity index (χ0v) is 17.4. The van der Waals surface area contributed by atoms with Crippen molar-refractivity contribution >= 4 is 21.8 Å². The van der Waals surface area contributed by atoms with Crippen molar-refractivity contribution < 1.29 is 30.6 Å². The number of nitrogens with one attached hydrogen (secondary N) is 1. The smallest absolute Gasteiger partial charge is 0.322 e. The van der Waals surface area contributed by atoms with E-state index in [-0.39, 0.29) is 30.3 Å². The summed E-state index contributed by atoms with van der Waals surface area (Å²) in [6.45, 7) is 1.62. The van der Waals surface area contributed by atoms with Crippen molar-refractivity contribution in [1.29, 1.82) is 0 Å². The quantitative estimate of drug-likeness (QED) is 0.510. The van der Waals surface area contributed by atoms with Crippen LogP contribution in [-0.4, -0.2) is 25.1 Å². The number of urea groups is 1. The van der Waals surface area contributed by atoms with Gasteiger partial charge in [-0.3, -0.25) is 0 Å². The van der Waals surface area contributed by atoms with Crippen LogP contribution in [0.15, 0.2) is 65.3 Å². The maximum absolute atomic E-state index is 13.5. The van der Waals surface area contributed by atoms with Crippen molar-refractivity contribution in [3.05, 3.63) is 83.8 Å². The fourth-order valence-electron chi connectivity index (χ4n) is 2.69. The predicted octanol–water partition coefficient (Wildman–Crippen LogP) is 4.52. The lowest BCUT2D eigenvalue weighted by atomic mass is 10.2. The van der Waals surface area contributed by atoms with Gasteiger partial charge in [0.15, 0.2) is 11.6 Å². The molecule has 31 heavy (non-hydrogen) atoms. The second kappa shape index (κ2) is 9.61. The van der Waals surface area contributed by atoms with E-state index < -0.39 is 27.8 Å². The Morgan fingerprint density at radius 1 is 1.06 bits per heavy atom. The maximum Gasteiger partial charge on any atom is 0.322 e. The van der Waals surface area contributed by atoms with Gasteiger partial charge in [-0.1, -0.05) is 12.1 Å². The molecule has 0 radical (unpaired) electrons. The van der Waals surface area contributed by atoms with Gasteiger partial charge in [0.2, 0.25) is 0 Å². The first-order valence-electron chi connectivity index (χ1n) is 9.30. The molecule has 10 heteroatoms. The van der Waals surface area contributed by atoms with Gasteiger partial charge in [-0.05, 0) is 48.9 Å². The van der Waals surface area contributed by atoms with Gasteiger partial charge < -0.3 is 18.8 Å². The van der Waals surface area contributed by atoms with Crippen LogP contribution in [0.1, 0.15) is 18.2 Å². The van der Waals surface area contributed by atoms with Gasteiger partial charge in [-0.2, -0.15) is 8.42 Å². The Balaban J connectivity index is 1.80. The lowest BCUT2D eigenvalue weighted by molar-refractivity contribution is 0.201. The van der Waals surface area contributed by atoms with Crippen LogP contribution in [0.3, 0.4) is 0 Å². The predicted molar refractivity (Wildman–Crippen MR) is 110 cm³/mol. The molecule has 0 fully saturated rings. The van der Waals surface area contributed by atoms with E-state index in [1.807, 2.05) is 0 Å². The van der Waals surface area contributed by atoms with Crippen LogP contribution in [0, 0.1) is 11.6 Å². The number of carbonyl (C=O) groups is 1. The number of benzene rings is 2. The van der Waals surface area contributed by atoms with E-state index in [2.05, 4.69) is 5.32 Å². The molecule has 1 N–H and O–H groups in total. The summed E-state index contributed by atoms with van der Waals surface area (Å²) in [4.78, 5) is 14.2. The highest BCUT2D eigenvalue weighted by Crippen LogP contribution is 2.20. The van der Waals surface area contributed by atoms with E-state index in [0.29, 0.717) is 11.3 Å². The van der Waals surface area contributed by atoms with E-state index in [1.165, 1.54) is 36.3 Å². The second-order valence-electron chi connectivity index (χ2n) is 6.57. The molecule has 2 amide bonds. The van der Waals surface area contributed by atoms with Crippen molar-refractivity contribution in [3.8, 4) is 5.75 Å². The monoisotopic (exact) mass is 450 g/mol. The van der Waals surface area contributed by atoms with Crippen LogP contribution >= 0.6 is 0 Å². The molecule has 0 unspecified atom stereocenters. The molecule has 0 saturated heterocycles. The number of halogens is 2. The first kappa shape index (κ1) is 22.3. The Hall–Kier alpha value is -3.40. The highest BCUT2D eigenvalue weighted by molar-refractivity contribution is 7.87. The summed E-state index contributed by atoms with van der Waals surface area (Å²) in [6.07, 6.45) is 1.46. The molecule has 0 bridgehead atoms. The zero-order valence-electron chi connectivity index (χ0n) is 16.5. The molecular weight excluding hydrogens is 430 g/mol. The highest BCUT2D eigenvalue weighted by atomic mass is 32.2. The minimum Gasteiger partial charge on any atom is -0.467 e. The van der Waals surface area contributed by atoms with Gasteiger partial charge in [0, 0.05) is 18.3 Å². The SMILES string of the molecule is CCS(=O)(=O)Oc1cccc(CN(Cc2ccco2)C(=O)Nc2ccc(F)c(F)c2)c1. The largest absolute Gasteiger partial charge is 0.467 e. The Morgan fingerprint density at radius 3 is 2.55 bits per heavy atom. The zero-order chi connectivity index (χ0) is 22.4. The number of amides is 2. The average molecular weight is 450 g/mol. The molecule has 0 aliphatic carbocycles. The molecule has 1 heterocycles. The normalized spacial score (nSPS) is 11.2. The van der Waals surface area contributed by atoms with Gasteiger partial charge in [0.1, 0.15) is 11.5 Å². The van der Waals surface area contributed by atoms with Gasteiger partial charge in [-0.15, -0.1) is 0 Å². The molecule has 0 aliphatic heterocycles. The standard InChI is InChI=1S/C21H20F2N2O5S/c1-2-31(27,28)30-17-6-3-5-15(11-17)13-25(14-18-7-4-10-29-18)21(26)24-16-8-9-19(22)20(23)12-16/h3-12H,2,13-14H2,1H3,(H,24,26). The summed E-state index contributed by atoms with van der Waals surface area (Å²) in [5.74, 6) is -1.67. The molecule has 2 aromatic carbocycles. The first-order valence-corrected chi connectivity index (χ1v) is 10.9. The van der Waals surface area contributed by atoms with Crippen molar-refractivity contribution in [2.75, 3.05) is 11.1 Å². The number of nitrogens with zero attached hydrogens (tertiary/aromatic N) is 1. The lowest BCUT2D eigenvalue weighted by Crippen LogP contribution is -2.34. The summed E-state index contributed by atoms with van der Waals surface area (Å²) in [5.41, 5.74) is 0.676.